The Hall–Kier alpha value is -3.32. The quantitative estimate of drug-likeness (QED) is 0.198. The summed E-state index contributed by atoms with van der Waals surface area (Å²) in [6, 6.07) is 32.8. The van der Waals surface area contributed by atoms with Gasteiger partial charge in [0.1, 0.15) is 5.44 Å². The molecule has 3 heterocycles. The Morgan fingerprint density at radius 2 is 1.59 bits per heavy atom. The van der Waals surface area contributed by atoms with Gasteiger partial charge in [-0.15, -0.1) is 18.2 Å². The number of hydrogen-bond donors (Lipinski definition) is 0. The van der Waals surface area contributed by atoms with Gasteiger partial charge < -0.3 is 9.30 Å². The van der Waals surface area contributed by atoms with Crippen LogP contribution in [0.25, 0.3) is 22.3 Å². The molecule has 0 aliphatic carbocycles. The number of pyridine rings is 2. The van der Waals surface area contributed by atoms with Gasteiger partial charge in [-0.05, 0) is 23.8 Å². The normalized spacial score (nSPS) is 16.1. The van der Waals surface area contributed by atoms with E-state index >= 15 is 0 Å². The minimum absolute atomic E-state index is 0. The molecule has 1 unspecified atom stereocenters. The summed E-state index contributed by atoms with van der Waals surface area (Å²) in [5.74, 6) is 1.01. The van der Waals surface area contributed by atoms with Gasteiger partial charge in [-0.25, -0.2) is 16.1 Å². The van der Waals surface area contributed by atoms with E-state index in [4.69, 9.17) is 6.11 Å². The first-order valence-electron chi connectivity index (χ1n) is 10.9. The Morgan fingerprint density at radius 1 is 0.765 bits per heavy atom. The van der Waals surface area contributed by atoms with Crippen molar-refractivity contribution in [1.29, 1.82) is 0 Å². The van der Waals surface area contributed by atoms with Gasteiger partial charge in [0.25, 0.3) is 0 Å². The minimum Gasteiger partial charge on any atom is -0.460 e. The molecule has 5 aromatic rings. The summed E-state index contributed by atoms with van der Waals surface area (Å²) in [6.45, 7) is 0. The summed E-state index contributed by atoms with van der Waals surface area (Å²) in [6.07, 6.45) is 3.20. The van der Waals surface area contributed by atoms with Crippen molar-refractivity contribution < 1.29 is 31.7 Å². The molecule has 3 aromatic carbocycles. The zero-order chi connectivity index (χ0) is 23.1. The van der Waals surface area contributed by atoms with Crippen LogP contribution in [0, 0.1) is 12.1 Å². The van der Waals surface area contributed by atoms with Crippen molar-refractivity contribution in [3.05, 3.63) is 115 Å². The third-order valence-corrected chi connectivity index (χ3v) is 8.54. The summed E-state index contributed by atoms with van der Waals surface area (Å²) in [4.78, 5) is 8.61. The molecule has 0 fully saturated rings. The molecule has 166 valence electrons. The van der Waals surface area contributed by atoms with Gasteiger partial charge in [0.05, 0.1) is 1.37 Å². The minimum atomic E-state index is -3.29. The number of nitrogens with zero attached hydrogens (tertiary/aromatic N) is 2. The third kappa shape index (κ3) is 3.74. The second kappa shape index (κ2) is 9.14. The molecule has 1 aliphatic rings. The Bertz CT molecular complexity index is 1590. The Labute approximate surface area is 213 Å². The molecular weight excluding hydrogens is 622 g/mol. The van der Waals surface area contributed by atoms with Crippen LogP contribution >= 0.6 is 7.14 Å². The maximum Gasteiger partial charge on any atom is 2.00 e. The number of rotatable bonds is 4. The summed E-state index contributed by atoms with van der Waals surface area (Å²) >= 11 is 0. The van der Waals surface area contributed by atoms with Crippen LogP contribution in [0.1, 0.15) is 1.37 Å². The van der Waals surface area contributed by atoms with Gasteiger partial charge in [-0.1, -0.05) is 47.2 Å². The van der Waals surface area contributed by atoms with Crippen LogP contribution in [0.2, 0.25) is 0 Å². The van der Waals surface area contributed by atoms with Crippen LogP contribution < -0.4 is 20.8 Å². The van der Waals surface area contributed by atoms with Crippen molar-refractivity contribution in [2.24, 2.45) is 0 Å². The third-order valence-electron chi connectivity index (χ3n) is 5.60. The molecule has 2 aromatic heterocycles. The molecule has 34 heavy (non-hydrogen) atoms. The second-order valence-electron chi connectivity index (χ2n) is 7.57. The zero-order valence-electron chi connectivity index (χ0n) is 18.7. The molecule has 1 aliphatic heterocycles. The van der Waals surface area contributed by atoms with Crippen LogP contribution in [-0.2, 0) is 25.6 Å². The number of aromatic nitrogens is 2. The van der Waals surface area contributed by atoms with Gasteiger partial charge in [0.2, 0.25) is 5.88 Å². The van der Waals surface area contributed by atoms with Crippen LogP contribution in [0.15, 0.2) is 103 Å². The summed E-state index contributed by atoms with van der Waals surface area (Å²) in [5.41, 5.74) is 3.70. The van der Waals surface area contributed by atoms with E-state index in [-0.39, 0.29) is 27.1 Å². The van der Waals surface area contributed by atoms with E-state index in [9.17, 15) is 4.57 Å². The zero-order valence-corrected chi connectivity index (χ0v) is 20.9. The van der Waals surface area contributed by atoms with E-state index < -0.39 is 7.14 Å². The number of hydrogen-bond acceptors (Lipinski definition) is 4. The van der Waals surface area contributed by atoms with Crippen molar-refractivity contribution in [2.75, 3.05) is 0 Å². The van der Waals surface area contributed by atoms with E-state index in [2.05, 4.69) is 22.1 Å². The fraction of sp³-hybridized carbons (Fsp3) is 0. The summed E-state index contributed by atoms with van der Waals surface area (Å²) in [7, 11) is -3.29. The SMILES string of the molecule is [2H]c1ccnc(P2(=O)c3[c-]c(-c4[c-]c(Oc5ccccn5)ccc4)ccc3-c3ccccc32)c1.[Pt+2]. The molecule has 0 saturated carbocycles. The summed E-state index contributed by atoms with van der Waals surface area (Å²) < 4.78 is 28.6. The summed E-state index contributed by atoms with van der Waals surface area (Å²) in [5, 5.41) is 1.33. The van der Waals surface area contributed by atoms with E-state index in [0.717, 1.165) is 27.6 Å². The molecule has 4 nitrogen and oxygen atoms in total. The van der Waals surface area contributed by atoms with Crippen LogP contribution in [0.3, 0.4) is 0 Å². The maximum absolute atomic E-state index is 14.7. The molecule has 6 heteroatoms. The predicted molar refractivity (Wildman–Crippen MR) is 130 cm³/mol. The van der Waals surface area contributed by atoms with E-state index in [1.54, 1.807) is 24.4 Å². The first-order valence-corrected chi connectivity index (χ1v) is 12.2. The predicted octanol–water partition coefficient (Wildman–Crippen LogP) is 5.15. The average molecular weight is 641 g/mol. The Morgan fingerprint density at radius 3 is 2.44 bits per heavy atom. The van der Waals surface area contributed by atoms with Gasteiger partial charge in [-0.3, -0.25) is 4.98 Å². The monoisotopic (exact) mass is 640 g/mol. The molecular formula is C28H17N2O2PPt. The average Bonchev–Trinajstić information content (AvgIpc) is 3.14. The Kier molecular flexibility index (Phi) is 5.71. The van der Waals surface area contributed by atoms with E-state index in [1.807, 2.05) is 66.7 Å². The number of ether oxygens (including phenoxy) is 1. The maximum atomic E-state index is 14.7. The van der Waals surface area contributed by atoms with Crippen LogP contribution in [0.5, 0.6) is 11.6 Å². The topological polar surface area (TPSA) is 52.1 Å². The van der Waals surface area contributed by atoms with E-state index in [1.165, 1.54) is 6.20 Å². The molecule has 0 amide bonds. The van der Waals surface area contributed by atoms with Crippen LogP contribution in [-0.4, -0.2) is 9.97 Å². The smallest absolute Gasteiger partial charge is 0.460 e. The first-order chi connectivity index (χ1) is 16.6. The number of benzene rings is 3. The van der Waals surface area contributed by atoms with Crippen molar-refractivity contribution in [3.8, 4) is 33.9 Å². The molecule has 1 atom stereocenters. The van der Waals surface area contributed by atoms with Gasteiger partial charge in [-0.2, -0.15) is 24.3 Å². The van der Waals surface area contributed by atoms with E-state index in [0.29, 0.717) is 22.4 Å². The van der Waals surface area contributed by atoms with Crippen molar-refractivity contribution >= 4 is 23.2 Å². The van der Waals surface area contributed by atoms with Crippen molar-refractivity contribution in [3.63, 3.8) is 0 Å². The first kappa shape index (κ1) is 21.2. The fourth-order valence-corrected chi connectivity index (χ4v) is 6.96. The van der Waals surface area contributed by atoms with Crippen molar-refractivity contribution in [1.82, 2.24) is 9.97 Å². The van der Waals surface area contributed by atoms with Crippen molar-refractivity contribution in [2.45, 2.75) is 0 Å². The second-order valence-corrected chi connectivity index (χ2v) is 10.2. The molecule has 0 N–H and O–H groups in total. The molecule has 6 rings (SSSR count). The Balaban J connectivity index is 0.00000253. The molecule has 0 spiro atoms. The van der Waals surface area contributed by atoms with Gasteiger partial charge >= 0.3 is 21.1 Å². The molecule has 0 radical (unpaired) electrons. The fourth-order valence-electron chi connectivity index (χ4n) is 4.11. The standard InChI is InChI=1S/C28H17N2O2P.Pt/c31-33(28-13-4-6-17-30-28)25-11-2-1-10-23(25)24-15-14-21(19-26(24)33)20-8-7-9-22(18-20)32-27-12-3-5-16-29-27;/h1-17H;/q-2;+2/i4D;. The van der Waals surface area contributed by atoms with Gasteiger partial charge in [0.15, 0.2) is 7.14 Å². The van der Waals surface area contributed by atoms with Gasteiger partial charge in [0, 0.05) is 29.5 Å². The number of fused-ring (bicyclic) bond motifs is 3. The molecule has 0 bridgehead atoms. The molecule has 0 saturated heterocycles. The largest absolute Gasteiger partial charge is 2.00 e. The van der Waals surface area contributed by atoms with Crippen LogP contribution in [0.4, 0.5) is 0 Å².